The van der Waals surface area contributed by atoms with Crippen molar-refractivity contribution in [2.45, 2.75) is 0 Å². The zero-order valence-corrected chi connectivity index (χ0v) is 15.3. The average Bonchev–Trinajstić information content (AvgIpc) is 3.31. The zero-order chi connectivity index (χ0) is 20.2. The summed E-state index contributed by atoms with van der Waals surface area (Å²) in [6, 6.07) is 14.5. The van der Waals surface area contributed by atoms with Gasteiger partial charge in [-0.2, -0.15) is 0 Å². The van der Waals surface area contributed by atoms with E-state index in [1.807, 2.05) is 0 Å². The summed E-state index contributed by atoms with van der Waals surface area (Å²) in [7, 11) is 0. The highest BCUT2D eigenvalue weighted by Gasteiger charge is 2.22. The first-order valence-corrected chi connectivity index (χ1v) is 9.00. The van der Waals surface area contributed by atoms with Crippen LogP contribution in [0.25, 0.3) is 0 Å². The van der Waals surface area contributed by atoms with Crippen LogP contribution >= 0.6 is 0 Å². The number of ether oxygens (including phenoxy) is 3. The molecular formula is C22H17NO6. The van der Waals surface area contributed by atoms with Crippen molar-refractivity contribution in [3.05, 3.63) is 83.2 Å². The van der Waals surface area contributed by atoms with E-state index in [-0.39, 0.29) is 22.7 Å². The lowest BCUT2D eigenvalue weighted by Gasteiger charge is -2.18. The van der Waals surface area contributed by atoms with E-state index in [1.165, 1.54) is 6.07 Å². The van der Waals surface area contributed by atoms with Crippen molar-refractivity contribution in [1.29, 1.82) is 0 Å². The summed E-state index contributed by atoms with van der Waals surface area (Å²) >= 11 is 0. The third kappa shape index (κ3) is 3.89. The van der Waals surface area contributed by atoms with Gasteiger partial charge in [-0.3, -0.25) is 9.59 Å². The monoisotopic (exact) mass is 391 g/mol. The molecule has 2 aromatic carbocycles. The van der Waals surface area contributed by atoms with Crippen LogP contribution in [0.2, 0.25) is 0 Å². The second kappa shape index (κ2) is 8.02. The Morgan fingerprint density at radius 3 is 2.41 bits per heavy atom. The van der Waals surface area contributed by atoms with Gasteiger partial charge < -0.3 is 19.2 Å². The maximum Gasteiger partial charge on any atom is 0.339 e. The van der Waals surface area contributed by atoms with Crippen molar-refractivity contribution < 1.29 is 28.6 Å². The molecule has 146 valence electrons. The number of hydrogen-bond donors (Lipinski definition) is 1. The Morgan fingerprint density at radius 1 is 0.897 bits per heavy atom. The molecule has 0 aliphatic carbocycles. The maximum atomic E-state index is 13.0. The fraction of sp³-hybridized carbons (Fsp3) is 0.136. The minimum Gasteiger partial charge on any atom is -0.486 e. The molecule has 0 atom stereocenters. The van der Waals surface area contributed by atoms with Crippen molar-refractivity contribution in [3.63, 3.8) is 0 Å². The number of nitrogens with one attached hydrogen (secondary N) is 1. The summed E-state index contributed by atoms with van der Waals surface area (Å²) in [5, 5.41) is 0. The fourth-order valence-electron chi connectivity index (χ4n) is 2.99. The summed E-state index contributed by atoms with van der Waals surface area (Å²) < 4.78 is 16.1. The Kier molecular flexibility index (Phi) is 5.11. The van der Waals surface area contributed by atoms with E-state index in [9.17, 15) is 14.4 Å². The molecule has 4 rings (SSSR count). The van der Waals surface area contributed by atoms with Crippen molar-refractivity contribution in [2.24, 2.45) is 0 Å². The van der Waals surface area contributed by atoms with Gasteiger partial charge in [0.15, 0.2) is 23.9 Å². The molecule has 29 heavy (non-hydrogen) atoms. The molecule has 1 aliphatic heterocycles. The van der Waals surface area contributed by atoms with Gasteiger partial charge in [0.1, 0.15) is 13.2 Å². The number of aromatic amines is 1. The van der Waals surface area contributed by atoms with E-state index in [0.717, 1.165) is 0 Å². The van der Waals surface area contributed by atoms with Crippen molar-refractivity contribution in [2.75, 3.05) is 19.8 Å². The predicted molar refractivity (Wildman–Crippen MR) is 103 cm³/mol. The predicted octanol–water partition coefficient (Wildman–Crippen LogP) is 3.06. The summed E-state index contributed by atoms with van der Waals surface area (Å²) in [5.74, 6) is -0.405. The van der Waals surface area contributed by atoms with Crippen molar-refractivity contribution >= 4 is 17.5 Å². The van der Waals surface area contributed by atoms with Gasteiger partial charge in [-0.15, -0.1) is 0 Å². The molecule has 7 nitrogen and oxygen atoms in total. The topological polar surface area (TPSA) is 94.7 Å². The first-order valence-electron chi connectivity index (χ1n) is 9.00. The van der Waals surface area contributed by atoms with Crippen LogP contribution in [0.15, 0.2) is 60.8 Å². The summed E-state index contributed by atoms with van der Waals surface area (Å²) in [6.07, 6.45) is 1.61. The molecule has 0 bridgehead atoms. The normalized spacial score (nSPS) is 12.3. The highest BCUT2D eigenvalue weighted by Crippen LogP contribution is 2.31. The van der Waals surface area contributed by atoms with Gasteiger partial charge >= 0.3 is 5.97 Å². The number of H-pyrrole nitrogens is 1. The van der Waals surface area contributed by atoms with Crippen molar-refractivity contribution in [1.82, 2.24) is 4.98 Å². The molecule has 3 aromatic rings. The number of ketones is 2. The summed E-state index contributed by atoms with van der Waals surface area (Å²) in [4.78, 5) is 40.3. The second-order valence-electron chi connectivity index (χ2n) is 6.32. The molecule has 0 radical (unpaired) electrons. The van der Waals surface area contributed by atoms with Crippen LogP contribution in [0.5, 0.6) is 11.5 Å². The maximum absolute atomic E-state index is 13.0. The molecular weight excluding hydrogens is 374 g/mol. The van der Waals surface area contributed by atoms with Gasteiger partial charge in [-0.1, -0.05) is 18.2 Å². The smallest absolute Gasteiger partial charge is 0.339 e. The number of Topliss-reactive ketones (excluding diaryl/α,β-unsaturated/α-hetero) is 1. The molecule has 1 aromatic heterocycles. The lowest BCUT2D eigenvalue weighted by atomic mass is 9.98. The third-order valence-electron chi connectivity index (χ3n) is 4.43. The van der Waals surface area contributed by atoms with Gasteiger partial charge in [0.2, 0.25) is 5.78 Å². The first kappa shape index (κ1) is 18.5. The Labute approximate surface area is 166 Å². The van der Waals surface area contributed by atoms with Crippen LogP contribution in [0, 0.1) is 0 Å². The summed E-state index contributed by atoms with van der Waals surface area (Å²) in [6.45, 7) is 0.435. The fourth-order valence-corrected chi connectivity index (χ4v) is 2.99. The quantitative estimate of drug-likeness (QED) is 0.513. The second-order valence-corrected chi connectivity index (χ2v) is 6.32. The average molecular weight is 391 g/mol. The van der Waals surface area contributed by atoms with Crippen LogP contribution in [-0.2, 0) is 4.74 Å². The third-order valence-corrected chi connectivity index (χ3v) is 4.43. The molecule has 1 aliphatic rings. The number of fused-ring (bicyclic) bond motifs is 1. The molecule has 0 unspecified atom stereocenters. The van der Waals surface area contributed by atoms with E-state index >= 15 is 0 Å². The van der Waals surface area contributed by atoms with Gasteiger partial charge in [0.25, 0.3) is 0 Å². The molecule has 0 fully saturated rings. The Morgan fingerprint density at radius 2 is 1.66 bits per heavy atom. The largest absolute Gasteiger partial charge is 0.486 e. The summed E-state index contributed by atoms with van der Waals surface area (Å²) in [5.41, 5.74) is 0.976. The Bertz CT molecular complexity index is 1070. The van der Waals surface area contributed by atoms with Crippen LogP contribution in [0.3, 0.4) is 0 Å². The van der Waals surface area contributed by atoms with Crippen LogP contribution < -0.4 is 9.47 Å². The van der Waals surface area contributed by atoms with Crippen molar-refractivity contribution in [3.8, 4) is 11.5 Å². The minimum atomic E-state index is -0.744. The Hall–Kier alpha value is -3.87. The van der Waals surface area contributed by atoms with Gasteiger partial charge in [-0.05, 0) is 36.4 Å². The number of benzene rings is 2. The molecule has 0 spiro atoms. The van der Waals surface area contributed by atoms with E-state index in [0.29, 0.717) is 36.0 Å². The zero-order valence-electron chi connectivity index (χ0n) is 15.3. The Balaban J connectivity index is 1.54. The standard InChI is InChI=1S/C22H17NO6/c24-18(17-6-3-9-23-17)13-29-22(26)16-5-2-1-4-15(16)21(25)14-7-8-19-20(12-14)28-11-10-27-19/h1-9,12,23H,10-11,13H2. The number of carbonyl (C=O) groups excluding carboxylic acids is 3. The lowest BCUT2D eigenvalue weighted by molar-refractivity contribution is 0.0472. The highest BCUT2D eigenvalue weighted by molar-refractivity contribution is 6.14. The van der Waals surface area contributed by atoms with Gasteiger partial charge in [0.05, 0.1) is 11.3 Å². The number of carbonyl (C=O) groups is 3. The molecule has 2 heterocycles. The van der Waals surface area contributed by atoms with Crippen LogP contribution in [0.4, 0.5) is 0 Å². The molecule has 0 amide bonds. The van der Waals surface area contributed by atoms with E-state index in [2.05, 4.69) is 4.98 Å². The number of aromatic nitrogens is 1. The van der Waals surface area contributed by atoms with Crippen LogP contribution in [0.1, 0.15) is 36.8 Å². The molecule has 0 saturated carbocycles. The highest BCUT2D eigenvalue weighted by atomic mass is 16.6. The molecule has 1 N–H and O–H groups in total. The SMILES string of the molecule is O=C(COC(=O)c1ccccc1C(=O)c1ccc2c(c1)OCCO2)c1ccc[nH]1. The number of hydrogen-bond acceptors (Lipinski definition) is 6. The first-order chi connectivity index (χ1) is 14.1. The van der Waals surface area contributed by atoms with Crippen LogP contribution in [-0.4, -0.2) is 42.3 Å². The van der Waals surface area contributed by atoms with E-state index < -0.39 is 12.6 Å². The molecule has 0 saturated heterocycles. The van der Waals surface area contributed by atoms with Gasteiger partial charge in [0, 0.05) is 17.3 Å². The minimum absolute atomic E-state index is 0.0895. The number of rotatable bonds is 6. The van der Waals surface area contributed by atoms with E-state index in [4.69, 9.17) is 14.2 Å². The number of esters is 1. The van der Waals surface area contributed by atoms with Gasteiger partial charge in [-0.25, -0.2) is 4.79 Å². The lowest BCUT2D eigenvalue weighted by Crippen LogP contribution is -2.18. The van der Waals surface area contributed by atoms with E-state index in [1.54, 1.807) is 54.7 Å². The molecule has 7 heteroatoms.